The Labute approximate surface area is 121 Å². The van der Waals surface area contributed by atoms with Gasteiger partial charge in [-0.05, 0) is 24.7 Å². The fourth-order valence-electron chi connectivity index (χ4n) is 1.75. The topological polar surface area (TPSA) is 49.0 Å². The summed E-state index contributed by atoms with van der Waals surface area (Å²) in [6.45, 7) is 3.00. The Balaban J connectivity index is 2.24. The normalized spacial score (nSPS) is 12.3. The van der Waals surface area contributed by atoms with Gasteiger partial charge in [-0.25, -0.2) is 0 Å². The smallest absolute Gasteiger partial charge is 0.118 e. The summed E-state index contributed by atoms with van der Waals surface area (Å²) in [6, 6.07) is 8.15. The standard InChI is InChI=1S/C15H25NO4/c1-16-15(12-20-11-10-19-9-8-17-2)13-4-6-14(18-3)7-5-13/h4-7,15-16H,8-12H2,1-3H3. The van der Waals surface area contributed by atoms with Crippen LogP contribution in [-0.2, 0) is 14.2 Å². The van der Waals surface area contributed by atoms with Crippen LogP contribution in [0.25, 0.3) is 0 Å². The lowest BCUT2D eigenvalue weighted by molar-refractivity contribution is 0.0197. The van der Waals surface area contributed by atoms with Crippen LogP contribution in [0.4, 0.5) is 0 Å². The number of methoxy groups -OCH3 is 2. The Kier molecular flexibility index (Phi) is 8.98. The van der Waals surface area contributed by atoms with Crippen LogP contribution in [0.2, 0.25) is 0 Å². The molecular formula is C15H25NO4. The summed E-state index contributed by atoms with van der Waals surface area (Å²) in [5.41, 5.74) is 1.17. The van der Waals surface area contributed by atoms with Crippen LogP contribution in [0.3, 0.4) is 0 Å². The zero-order valence-corrected chi connectivity index (χ0v) is 12.6. The van der Waals surface area contributed by atoms with Gasteiger partial charge in [-0.2, -0.15) is 0 Å². The van der Waals surface area contributed by atoms with Gasteiger partial charge >= 0.3 is 0 Å². The largest absolute Gasteiger partial charge is 0.497 e. The average molecular weight is 283 g/mol. The van der Waals surface area contributed by atoms with Crippen molar-refractivity contribution in [2.45, 2.75) is 6.04 Å². The molecule has 1 atom stereocenters. The first kappa shape index (κ1) is 16.9. The summed E-state index contributed by atoms with van der Waals surface area (Å²) in [5.74, 6) is 0.857. The molecule has 0 fully saturated rings. The van der Waals surface area contributed by atoms with Crippen LogP contribution >= 0.6 is 0 Å². The Hall–Kier alpha value is -1.14. The predicted molar refractivity (Wildman–Crippen MR) is 78.3 cm³/mol. The summed E-state index contributed by atoms with van der Waals surface area (Å²) in [7, 11) is 5.25. The molecule has 0 aliphatic carbocycles. The molecule has 0 spiro atoms. The molecule has 1 unspecified atom stereocenters. The number of nitrogens with one attached hydrogen (secondary N) is 1. The lowest BCUT2D eigenvalue weighted by atomic mass is 10.1. The van der Waals surface area contributed by atoms with E-state index in [1.165, 1.54) is 5.56 Å². The molecule has 1 aromatic carbocycles. The molecule has 1 aromatic rings. The van der Waals surface area contributed by atoms with E-state index in [0.29, 0.717) is 33.0 Å². The van der Waals surface area contributed by atoms with Crippen molar-refractivity contribution < 1.29 is 18.9 Å². The number of rotatable bonds is 11. The minimum absolute atomic E-state index is 0.167. The molecule has 1 N–H and O–H groups in total. The molecule has 0 bridgehead atoms. The molecule has 0 saturated carbocycles. The van der Waals surface area contributed by atoms with Gasteiger partial charge in [0.1, 0.15) is 5.75 Å². The van der Waals surface area contributed by atoms with Crippen molar-refractivity contribution in [2.75, 3.05) is 54.3 Å². The van der Waals surface area contributed by atoms with Gasteiger partial charge in [0.05, 0.1) is 46.2 Å². The molecule has 1 rings (SSSR count). The zero-order valence-electron chi connectivity index (χ0n) is 12.6. The Morgan fingerprint density at radius 3 is 2.20 bits per heavy atom. The summed E-state index contributed by atoms with van der Waals surface area (Å²) in [6.07, 6.45) is 0. The maximum atomic E-state index is 5.62. The van der Waals surface area contributed by atoms with E-state index in [0.717, 1.165) is 5.75 Å². The first-order valence-electron chi connectivity index (χ1n) is 6.77. The quantitative estimate of drug-likeness (QED) is 0.626. The Morgan fingerprint density at radius 2 is 1.60 bits per heavy atom. The van der Waals surface area contributed by atoms with E-state index in [1.807, 2.05) is 31.3 Å². The molecule has 0 amide bonds. The lowest BCUT2D eigenvalue weighted by Crippen LogP contribution is -2.22. The highest BCUT2D eigenvalue weighted by Gasteiger charge is 2.09. The summed E-state index contributed by atoms with van der Waals surface area (Å²) < 4.78 is 21.0. The maximum Gasteiger partial charge on any atom is 0.118 e. The molecule has 0 saturated heterocycles. The summed E-state index contributed by atoms with van der Waals surface area (Å²) in [4.78, 5) is 0. The third-order valence-electron chi connectivity index (χ3n) is 2.95. The van der Waals surface area contributed by atoms with E-state index < -0.39 is 0 Å². The highest BCUT2D eigenvalue weighted by atomic mass is 16.5. The molecule has 5 heteroatoms. The molecule has 0 heterocycles. The van der Waals surface area contributed by atoms with Crippen molar-refractivity contribution in [1.82, 2.24) is 5.32 Å². The number of likely N-dealkylation sites (N-methyl/N-ethyl adjacent to an activating group) is 1. The van der Waals surface area contributed by atoms with Gasteiger partial charge < -0.3 is 24.3 Å². The third-order valence-corrected chi connectivity index (χ3v) is 2.95. The van der Waals surface area contributed by atoms with Crippen LogP contribution in [0.1, 0.15) is 11.6 Å². The van der Waals surface area contributed by atoms with E-state index in [2.05, 4.69) is 5.32 Å². The number of ether oxygens (including phenoxy) is 4. The van der Waals surface area contributed by atoms with Crippen molar-refractivity contribution in [1.29, 1.82) is 0 Å². The van der Waals surface area contributed by atoms with Gasteiger partial charge in [0.2, 0.25) is 0 Å². The van der Waals surface area contributed by atoms with Gasteiger partial charge in [-0.15, -0.1) is 0 Å². The first-order valence-corrected chi connectivity index (χ1v) is 6.77. The van der Waals surface area contributed by atoms with E-state index in [9.17, 15) is 0 Å². The summed E-state index contributed by atoms with van der Waals surface area (Å²) >= 11 is 0. The van der Waals surface area contributed by atoms with Gasteiger partial charge in [-0.1, -0.05) is 12.1 Å². The molecule has 114 valence electrons. The van der Waals surface area contributed by atoms with Gasteiger partial charge in [0, 0.05) is 7.11 Å². The van der Waals surface area contributed by atoms with Crippen molar-refractivity contribution in [3.8, 4) is 5.75 Å². The minimum atomic E-state index is 0.167. The van der Waals surface area contributed by atoms with Crippen LogP contribution in [-0.4, -0.2) is 54.3 Å². The van der Waals surface area contributed by atoms with Gasteiger partial charge in [0.15, 0.2) is 0 Å². The number of hydrogen-bond acceptors (Lipinski definition) is 5. The van der Waals surface area contributed by atoms with Gasteiger partial charge in [0.25, 0.3) is 0 Å². The van der Waals surface area contributed by atoms with Crippen molar-refractivity contribution in [3.05, 3.63) is 29.8 Å². The molecule has 5 nitrogen and oxygen atoms in total. The van der Waals surface area contributed by atoms with Crippen LogP contribution in [0.5, 0.6) is 5.75 Å². The molecule has 0 aromatic heterocycles. The predicted octanol–water partition coefficient (Wildman–Crippen LogP) is 1.64. The molecule has 20 heavy (non-hydrogen) atoms. The van der Waals surface area contributed by atoms with E-state index >= 15 is 0 Å². The van der Waals surface area contributed by atoms with Crippen LogP contribution < -0.4 is 10.1 Å². The molecule has 0 aliphatic rings. The average Bonchev–Trinajstić information content (AvgIpc) is 2.50. The van der Waals surface area contributed by atoms with Crippen molar-refractivity contribution in [2.24, 2.45) is 0 Å². The fraction of sp³-hybridized carbons (Fsp3) is 0.600. The van der Waals surface area contributed by atoms with Crippen LogP contribution in [0, 0.1) is 0 Å². The monoisotopic (exact) mass is 283 g/mol. The highest BCUT2D eigenvalue weighted by Crippen LogP contribution is 2.17. The second-order valence-electron chi connectivity index (χ2n) is 4.29. The maximum absolute atomic E-state index is 5.62. The number of hydrogen-bond donors (Lipinski definition) is 1. The first-order chi connectivity index (χ1) is 9.81. The third kappa shape index (κ3) is 6.34. The zero-order chi connectivity index (χ0) is 14.6. The minimum Gasteiger partial charge on any atom is -0.497 e. The molecule has 0 radical (unpaired) electrons. The van der Waals surface area contributed by atoms with Crippen molar-refractivity contribution in [3.63, 3.8) is 0 Å². The fourth-order valence-corrected chi connectivity index (χ4v) is 1.75. The van der Waals surface area contributed by atoms with Crippen LogP contribution in [0.15, 0.2) is 24.3 Å². The molecular weight excluding hydrogens is 258 g/mol. The van der Waals surface area contributed by atoms with Crippen molar-refractivity contribution >= 4 is 0 Å². The second-order valence-corrected chi connectivity index (χ2v) is 4.29. The van der Waals surface area contributed by atoms with E-state index in [-0.39, 0.29) is 6.04 Å². The number of benzene rings is 1. The molecule has 0 aliphatic heterocycles. The Bertz CT molecular complexity index is 342. The summed E-state index contributed by atoms with van der Waals surface area (Å²) in [5, 5.41) is 3.24. The lowest BCUT2D eigenvalue weighted by Gasteiger charge is -2.17. The Morgan fingerprint density at radius 1 is 0.950 bits per heavy atom. The second kappa shape index (κ2) is 10.6. The highest BCUT2D eigenvalue weighted by molar-refractivity contribution is 5.29. The SMILES string of the molecule is CNC(COCCOCCOC)c1ccc(OC)cc1. The van der Waals surface area contributed by atoms with Gasteiger partial charge in [-0.3, -0.25) is 0 Å². The van der Waals surface area contributed by atoms with E-state index in [1.54, 1.807) is 14.2 Å². The van der Waals surface area contributed by atoms with E-state index in [4.69, 9.17) is 18.9 Å².